The van der Waals surface area contributed by atoms with Crippen molar-refractivity contribution in [2.45, 2.75) is 45.2 Å². The zero-order chi connectivity index (χ0) is 14.7. The Hall–Kier alpha value is -1.42. The summed E-state index contributed by atoms with van der Waals surface area (Å²) in [5.41, 5.74) is 1.27. The van der Waals surface area contributed by atoms with Crippen LogP contribution in [0.5, 0.6) is 0 Å². The maximum Gasteiger partial charge on any atom is 0.225 e. The number of pyridine rings is 1. The van der Waals surface area contributed by atoms with Crippen molar-refractivity contribution in [2.24, 2.45) is 11.8 Å². The lowest BCUT2D eigenvalue weighted by atomic mass is 9.89. The van der Waals surface area contributed by atoms with E-state index in [0.29, 0.717) is 23.8 Å². The van der Waals surface area contributed by atoms with Gasteiger partial charge in [-0.05, 0) is 42.9 Å². The molecule has 1 aliphatic heterocycles. The number of hydrogen-bond donors (Lipinski definition) is 1. The molecular weight excluding hydrogens is 262 g/mol. The number of amides is 1. The van der Waals surface area contributed by atoms with Crippen LogP contribution in [0.4, 0.5) is 0 Å². The average Bonchev–Trinajstić information content (AvgIpc) is 3.38. The summed E-state index contributed by atoms with van der Waals surface area (Å²) in [6, 6.07) is 4.63. The minimum Gasteiger partial charge on any atom is -0.342 e. The number of carbonyl (C=O) groups is 1. The fourth-order valence-corrected chi connectivity index (χ4v) is 3.25. The van der Waals surface area contributed by atoms with Crippen molar-refractivity contribution in [3.05, 3.63) is 30.1 Å². The molecular formula is C17H25N3O. The van der Waals surface area contributed by atoms with Crippen LogP contribution in [-0.2, 0) is 11.3 Å². The molecule has 1 aliphatic carbocycles. The number of nitrogens with one attached hydrogen (secondary N) is 1. The van der Waals surface area contributed by atoms with E-state index in [-0.39, 0.29) is 0 Å². The Morgan fingerprint density at radius 2 is 2.10 bits per heavy atom. The number of likely N-dealkylation sites (tertiary alicyclic amines) is 1. The number of aromatic nitrogens is 1. The number of piperidine rings is 1. The van der Waals surface area contributed by atoms with Crippen LogP contribution in [0, 0.1) is 11.8 Å². The highest BCUT2D eigenvalue weighted by Gasteiger charge is 2.37. The average molecular weight is 287 g/mol. The molecule has 1 saturated heterocycles. The standard InChI is InChI=1S/C17H25N3O/c1-2-14-12-20(17(21)15-3-4-15)10-7-16(14)19-11-13-5-8-18-9-6-13/h5-6,8-9,14-16,19H,2-4,7,10-12H2,1H3/t14-,16+/m0/s1. The first kappa shape index (κ1) is 14.5. The highest BCUT2D eigenvalue weighted by atomic mass is 16.2. The molecule has 1 amide bonds. The third-order valence-electron chi connectivity index (χ3n) is 4.81. The highest BCUT2D eigenvalue weighted by Crippen LogP contribution is 2.33. The Kier molecular flexibility index (Phi) is 4.54. The first-order valence-electron chi connectivity index (χ1n) is 8.19. The molecule has 21 heavy (non-hydrogen) atoms. The van der Waals surface area contributed by atoms with Gasteiger partial charge in [0, 0.05) is 44.0 Å². The van der Waals surface area contributed by atoms with E-state index in [0.717, 1.165) is 45.3 Å². The molecule has 2 heterocycles. The Balaban J connectivity index is 1.53. The molecule has 0 unspecified atom stereocenters. The van der Waals surface area contributed by atoms with Gasteiger partial charge in [-0.1, -0.05) is 13.3 Å². The van der Waals surface area contributed by atoms with Crippen molar-refractivity contribution in [2.75, 3.05) is 13.1 Å². The molecule has 2 aliphatic rings. The largest absolute Gasteiger partial charge is 0.342 e. The van der Waals surface area contributed by atoms with E-state index in [1.165, 1.54) is 5.56 Å². The summed E-state index contributed by atoms with van der Waals surface area (Å²) in [7, 11) is 0. The Labute approximate surface area is 126 Å². The van der Waals surface area contributed by atoms with Gasteiger partial charge in [0.15, 0.2) is 0 Å². The molecule has 0 radical (unpaired) electrons. The minimum atomic E-state index is 0.351. The van der Waals surface area contributed by atoms with Crippen LogP contribution in [0.2, 0.25) is 0 Å². The molecule has 0 aromatic carbocycles. The predicted octanol–water partition coefficient (Wildman–Crippen LogP) is 2.21. The molecule has 0 bridgehead atoms. The smallest absolute Gasteiger partial charge is 0.225 e. The molecule has 1 aromatic rings. The third-order valence-corrected chi connectivity index (χ3v) is 4.81. The second-order valence-electron chi connectivity index (χ2n) is 6.36. The molecule has 4 nitrogen and oxygen atoms in total. The minimum absolute atomic E-state index is 0.351. The van der Waals surface area contributed by atoms with Crippen LogP contribution >= 0.6 is 0 Å². The molecule has 1 aromatic heterocycles. The first-order chi connectivity index (χ1) is 10.3. The lowest BCUT2D eigenvalue weighted by Crippen LogP contribution is -2.51. The van der Waals surface area contributed by atoms with E-state index in [4.69, 9.17) is 0 Å². The van der Waals surface area contributed by atoms with Gasteiger partial charge in [-0.2, -0.15) is 0 Å². The number of nitrogens with zero attached hydrogens (tertiary/aromatic N) is 2. The molecule has 114 valence electrons. The molecule has 1 saturated carbocycles. The van der Waals surface area contributed by atoms with Gasteiger partial charge in [0.05, 0.1) is 0 Å². The highest BCUT2D eigenvalue weighted by molar-refractivity contribution is 5.81. The molecule has 2 atom stereocenters. The molecule has 0 spiro atoms. The second-order valence-corrected chi connectivity index (χ2v) is 6.36. The van der Waals surface area contributed by atoms with E-state index in [1.54, 1.807) is 0 Å². The number of carbonyl (C=O) groups excluding carboxylic acids is 1. The van der Waals surface area contributed by atoms with Gasteiger partial charge in [0.2, 0.25) is 5.91 Å². The van der Waals surface area contributed by atoms with E-state index in [1.807, 2.05) is 12.4 Å². The lowest BCUT2D eigenvalue weighted by Gasteiger charge is -2.39. The van der Waals surface area contributed by atoms with Gasteiger partial charge < -0.3 is 10.2 Å². The molecule has 1 N–H and O–H groups in total. The fraction of sp³-hybridized carbons (Fsp3) is 0.647. The van der Waals surface area contributed by atoms with E-state index < -0.39 is 0 Å². The van der Waals surface area contributed by atoms with Crippen molar-refractivity contribution in [1.29, 1.82) is 0 Å². The summed E-state index contributed by atoms with van der Waals surface area (Å²) in [6.45, 7) is 4.97. The quantitative estimate of drug-likeness (QED) is 0.903. The number of hydrogen-bond acceptors (Lipinski definition) is 3. The van der Waals surface area contributed by atoms with Gasteiger partial charge in [-0.25, -0.2) is 0 Å². The van der Waals surface area contributed by atoms with Crippen LogP contribution in [0.15, 0.2) is 24.5 Å². The summed E-state index contributed by atoms with van der Waals surface area (Å²) in [5, 5.41) is 3.68. The SMILES string of the molecule is CC[C@H]1CN(C(=O)C2CC2)CC[C@H]1NCc1ccncc1. The number of rotatable bonds is 5. The van der Waals surface area contributed by atoms with Gasteiger partial charge >= 0.3 is 0 Å². The van der Waals surface area contributed by atoms with Crippen molar-refractivity contribution >= 4 is 5.91 Å². The van der Waals surface area contributed by atoms with Crippen molar-refractivity contribution in [3.63, 3.8) is 0 Å². The molecule has 2 fully saturated rings. The second kappa shape index (κ2) is 6.56. The van der Waals surface area contributed by atoms with Crippen LogP contribution in [0.25, 0.3) is 0 Å². The van der Waals surface area contributed by atoms with Crippen molar-refractivity contribution in [1.82, 2.24) is 15.2 Å². The van der Waals surface area contributed by atoms with Crippen LogP contribution < -0.4 is 5.32 Å². The Bertz CT molecular complexity index is 472. The summed E-state index contributed by atoms with van der Waals surface area (Å²) >= 11 is 0. The molecule has 4 heteroatoms. The van der Waals surface area contributed by atoms with E-state index in [2.05, 4.69) is 34.3 Å². The maximum absolute atomic E-state index is 12.2. The van der Waals surface area contributed by atoms with Crippen molar-refractivity contribution < 1.29 is 4.79 Å². The Morgan fingerprint density at radius 3 is 2.76 bits per heavy atom. The summed E-state index contributed by atoms with van der Waals surface area (Å²) in [4.78, 5) is 18.4. The van der Waals surface area contributed by atoms with Crippen LogP contribution in [-0.4, -0.2) is 34.9 Å². The van der Waals surface area contributed by atoms with Crippen molar-refractivity contribution in [3.8, 4) is 0 Å². The van der Waals surface area contributed by atoms with Crippen LogP contribution in [0.1, 0.15) is 38.2 Å². The summed E-state index contributed by atoms with van der Waals surface area (Å²) < 4.78 is 0. The zero-order valence-electron chi connectivity index (χ0n) is 12.8. The van der Waals surface area contributed by atoms with E-state index in [9.17, 15) is 4.79 Å². The van der Waals surface area contributed by atoms with Gasteiger partial charge in [0.25, 0.3) is 0 Å². The zero-order valence-corrected chi connectivity index (χ0v) is 12.8. The van der Waals surface area contributed by atoms with Gasteiger partial charge in [-0.15, -0.1) is 0 Å². The Morgan fingerprint density at radius 1 is 1.33 bits per heavy atom. The monoisotopic (exact) mass is 287 g/mol. The summed E-state index contributed by atoms with van der Waals surface area (Å²) in [5.74, 6) is 1.33. The normalized spacial score (nSPS) is 25.9. The van der Waals surface area contributed by atoms with Gasteiger partial charge in [0.1, 0.15) is 0 Å². The maximum atomic E-state index is 12.2. The predicted molar refractivity (Wildman–Crippen MR) is 82.6 cm³/mol. The van der Waals surface area contributed by atoms with Crippen LogP contribution in [0.3, 0.4) is 0 Å². The van der Waals surface area contributed by atoms with Gasteiger partial charge in [-0.3, -0.25) is 9.78 Å². The summed E-state index contributed by atoms with van der Waals surface area (Å²) in [6.07, 6.45) is 8.09. The molecule has 3 rings (SSSR count). The lowest BCUT2D eigenvalue weighted by molar-refractivity contribution is -0.134. The topological polar surface area (TPSA) is 45.2 Å². The fourth-order valence-electron chi connectivity index (χ4n) is 3.25. The first-order valence-corrected chi connectivity index (χ1v) is 8.19. The van der Waals surface area contributed by atoms with E-state index >= 15 is 0 Å². The third kappa shape index (κ3) is 3.62.